The molecule has 0 atom stereocenters. The van der Waals surface area contributed by atoms with E-state index in [1.165, 1.54) is 11.8 Å². The summed E-state index contributed by atoms with van der Waals surface area (Å²) in [4.78, 5) is 11.2. The van der Waals surface area contributed by atoms with Gasteiger partial charge in [-0.15, -0.1) is 16.8 Å². The van der Waals surface area contributed by atoms with E-state index >= 15 is 0 Å². The first-order valence-electron chi connectivity index (χ1n) is 4.29. The van der Waals surface area contributed by atoms with Gasteiger partial charge in [-0.05, 0) is 0 Å². The largest absolute Gasteiger partial charge is 0.415 e. The summed E-state index contributed by atoms with van der Waals surface area (Å²) in [6.45, 7) is 4.15. The van der Waals surface area contributed by atoms with Crippen LogP contribution >= 0.6 is 11.8 Å². The van der Waals surface area contributed by atoms with Gasteiger partial charge in [-0.2, -0.15) is 0 Å². The number of carbonyl (C=O) groups excluding carboxylic acids is 1. The first-order chi connectivity index (χ1) is 7.26. The van der Waals surface area contributed by atoms with Gasteiger partial charge in [0, 0.05) is 6.54 Å². The Kier molecular flexibility index (Phi) is 4.85. The molecular formula is C8H12N4O2S. The van der Waals surface area contributed by atoms with Crippen molar-refractivity contribution in [3.63, 3.8) is 0 Å². The third-order valence-electron chi connectivity index (χ3n) is 1.39. The summed E-state index contributed by atoms with van der Waals surface area (Å²) in [5.74, 6) is 0.497. The zero-order chi connectivity index (χ0) is 11.1. The molecule has 0 aliphatic rings. The minimum absolute atomic E-state index is 0.104. The van der Waals surface area contributed by atoms with Crippen LogP contribution in [0.5, 0.6) is 0 Å². The topological polar surface area (TPSA) is 94.0 Å². The fourth-order valence-corrected chi connectivity index (χ4v) is 1.35. The van der Waals surface area contributed by atoms with Crippen molar-refractivity contribution in [3.8, 4) is 0 Å². The van der Waals surface area contributed by atoms with E-state index < -0.39 is 0 Å². The number of amides is 1. The Morgan fingerprint density at radius 3 is 3.07 bits per heavy atom. The lowest BCUT2D eigenvalue weighted by Gasteiger charge is -1.98. The molecule has 0 fully saturated rings. The van der Waals surface area contributed by atoms with Crippen molar-refractivity contribution in [2.45, 2.75) is 11.8 Å². The normalized spacial score (nSPS) is 9.93. The number of nitrogens with one attached hydrogen (secondary N) is 1. The fraction of sp³-hybridized carbons (Fsp3) is 0.375. The Hall–Kier alpha value is -1.34. The quantitative estimate of drug-likeness (QED) is 0.522. The summed E-state index contributed by atoms with van der Waals surface area (Å²) < 4.78 is 5.10. The minimum Gasteiger partial charge on any atom is -0.415 e. The van der Waals surface area contributed by atoms with Crippen LogP contribution in [0.1, 0.15) is 5.89 Å². The fourth-order valence-electron chi connectivity index (χ4n) is 0.743. The summed E-state index contributed by atoms with van der Waals surface area (Å²) in [6.07, 6.45) is 1.61. The maximum Gasteiger partial charge on any atom is 0.277 e. The van der Waals surface area contributed by atoms with Crippen LogP contribution in [0, 0.1) is 0 Å². The number of aromatic nitrogens is 2. The lowest BCUT2D eigenvalue weighted by Crippen LogP contribution is -2.24. The van der Waals surface area contributed by atoms with E-state index in [4.69, 9.17) is 10.2 Å². The number of hydrogen-bond donors (Lipinski definition) is 2. The third-order valence-corrected chi connectivity index (χ3v) is 2.21. The molecule has 15 heavy (non-hydrogen) atoms. The number of thioether (sulfide) groups is 1. The van der Waals surface area contributed by atoms with Crippen LogP contribution in [0.25, 0.3) is 0 Å². The second kappa shape index (κ2) is 6.20. The monoisotopic (exact) mass is 228 g/mol. The first kappa shape index (κ1) is 11.7. The summed E-state index contributed by atoms with van der Waals surface area (Å²) in [5.41, 5.74) is 5.29. The van der Waals surface area contributed by atoms with Crippen molar-refractivity contribution in [1.82, 2.24) is 15.5 Å². The van der Waals surface area contributed by atoms with Crippen LogP contribution in [0.3, 0.4) is 0 Å². The molecule has 1 heterocycles. The molecule has 1 amide bonds. The molecule has 0 aromatic carbocycles. The van der Waals surface area contributed by atoms with Gasteiger partial charge in [-0.25, -0.2) is 0 Å². The van der Waals surface area contributed by atoms with Gasteiger partial charge >= 0.3 is 0 Å². The van der Waals surface area contributed by atoms with Crippen LogP contribution in [0.15, 0.2) is 22.3 Å². The summed E-state index contributed by atoms with van der Waals surface area (Å²) in [6, 6.07) is 0. The molecule has 0 unspecified atom stereocenters. The molecule has 82 valence electrons. The second-order valence-electron chi connectivity index (χ2n) is 2.55. The highest BCUT2D eigenvalue weighted by molar-refractivity contribution is 7.99. The predicted molar refractivity (Wildman–Crippen MR) is 56.1 cm³/mol. The Morgan fingerprint density at radius 1 is 1.67 bits per heavy atom. The smallest absolute Gasteiger partial charge is 0.277 e. The average Bonchev–Trinajstić information content (AvgIpc) is 2.71. The van der Waals surface area contributed by atoms with Gasteiger partial charge in [-0.3, -0.25) is 4.79 Å². The molecule has 3 N–H and O–H groups in total. The number of hydrogen-bond acceptors (Lipinski definition) is 6. The molecule has 7 heteroatoms. The Balaban J connectivity index is 2.30. The van der Waals surface area contributed by atoms with E-state index in [-0.39, 0.29) is 18.2 Å². The van der Waals surface area contributed by atoms with E-state index in [0.717, 1.165) is 0 Å². The third kappa shape index (κ3) is 4.13. The summed E-state index contributed by atoms with van der Waals surface area (Å²) >= 11 is 1.17. The van der Waals surface area contributed by atoms with Crippen LogP contribution in [0.4, 0.5) is 0 Å². The van der Waals surface area contributed by atoms with E-state index in [1.807, 2.05) is 0 Å². The first-order valence-corrected chi connectivity index (χ1v) is 5.27. The van der Waals surface area contributed by atoms with Crippen LogP contribution in [0.2, 0.25) is 0 Å². The predicted octanol–water partition coefficient (Wildman–Crippen LogP) is -0.0774. The van der Waals surface area contributed by atoms with Gasteiger partial charge in [0.2, 0.25) is 11.8 Å². The van der Waals surface area contributed by atoms with Crippen molar-refractivity contribution >= 4 is 17.7 Å². The van der Waals surface area contributed by atoms with Gasteiger partial charge in [-0.1, -0.05) is 17.8 Å². The molecule has 1 aromatic heterocycles. The number of rotatable bonds is 6. The maximum atomic E-state index is 11.2. The zero-order valence-electron chi connectivity index (χ0n) is 8.10. The SMILES string of the molecule is C=CCNC(=O)CSc1nnc(CN)o1. The number of carbonyl (C=O) groups is 1. The molecule has 1 rings (SSSR count). The van der Waals surface area contributed by atoms with E-state index in [2.05, 4.69) is 22.1 Å². The van der Waals surface area contributed by atoms with Gasteiger partial charge < -0.3 is 15.5 Å². The molecule has 1 aromatic rings. The minimum atomic E-state index is -0.104. The zero-order valence-corrected chi connectivity index (χ0v) is 8.92. The van der Waals surface area contributed by atoms with Crippen LogP contribution in [-0.4, -0.2) is 28.4 Å². The molecule has 0 spiro atoms. The highest BCUT2D eigenvalue weighted by Crippen LogP contribution is 2.14. The Bertz CT molecular complexity index is 339. The summed E-state index contributed by atoms with van der Waals surface area (Å²) in [5, 5.41) is 10.4. The second-order valence-corrected chi connectivity index (χ2v) is 3.47. The Morgan fingerprint density at radius 2 is 2.47 bits per heavy atom. The van der Waals surface area contributed by atoms with E-state index in [0.29, 0.717) is 17.7 Å². The Labute approximate surface area is 91.3 Å². The van der Waals surface area contributed by atoms with Crippen molar-refractivity contribution in [1.29, 1.82) is 0 Å². The lowest BCUT2D eigenvalue weighted by atomic mass is 10.6. The van der Waals surface area contributed by atoms with Gasteiger partial charge in [0.05, 0.1) is 12.3 Å². The highest BCUT2D eigenvalue weighted by atomic mass is 32.2. The van der Waals surface area contributed by atoms with Crippen molar-refractivity contribution < 1.29 is 9.21 Å². The summed E-state index contributed by atoms with van der Waals surface area (Å²) in [7, 11) is 0. The van der Waals surface area contributed by atoms with Crippen LogP contribution in [-0.2, 0) is 11.3 Å². The van der Waals surface area contributed by atoms with Crippen LogP contribution < -0.4 is 11.1 Å². The molecular weight excluding hydrogens is 216 g/mol. The van der Waals surface area contributed by atoms with Crippen molar-refractivity contribution in [2.24, 2.45) is 5.73 Å². The van der Waals surface area contributed by atoms with Gasteiger partial charge in [0.15, 0.2) is 0 Å². The maximum absolute atomic E-state index is 11.2. The van der Waals surface area contributed by atoms with Crippen molar-refractivity contribution in [2.75, 3.05) is 12.3 Å². The number of nitrogens with two attached hydrogens (primary N) is 1. The molecule has 0 aliphatic heterocycles. The van der Waals surface area contributed by atoms with E-state index in [1.54, 1.807) is 6.08 Å². The molecule has 0 bridgehead atoms. The average molecular weight is 228 g/mol. The standard InChI is InChI=1S/C8H12N4O2S/c1-2-3-10-6(13)5-15-8-12-11-7(4-9)14-8/h2H,1,3-5,9H2,(H,10,13). The van der Waals surface area contributed by atoms with Gasteiger partial charge in [0.25, 0.3) is 5.22 Å². The molecule has 0 saturated carbocycles. The van der Waals surface area contributed by atoms with E-state index in [9.17, 15) is 4.79 Å². The lowest BCUT2D eigenvalue weighted by molar-refractivity contribution is -0.118. The molecule has 0 saturated heterocycles. The van der Waals surface area contributed by atoms with Crippen molar-refractivity contribution in [3.05, 3.63) is 18.5 Å². The number of nitrogens with zero attached hydrogens (tertiary/aromatic N) is 2. The van der Waals surface area contributed by atoms with Gasteiger partial charge in [0.1, 0.15) is 0 Å². The molecule has 0 radical (unpaired) electrons. The highest BCUT2D eigenvalue weighted by Gasteiger charge is 2.07. The molecule has 0 aliphatic carbocycles. The molecule has 6 nitrogen and oxygen atoms in total.